The highest BCUT2D eigenvalue weighted by atomic mass is 79.9. The molecule has 1 heterocycles. The Morgan fingerprint density at radius 1 is 1.58 bits per heavy atom. The van der Waals surface area contributed by atoms with Gasteiger partial charge < -0.3 is 15.4 Å². The van der Waals surface area contributed by atoms with Crippen molar-refractivity contribution in [1.82, 2.24) is 4.90 Å². The van der Waals surface area contributed by atoms with E-state index in [0.29, 0.717) is 36.8 Å². The van der Waals surface area contributed by atoms with Gasteiger partial charge in [-0.05, 0) is 34.1 Å². The molecule has 0 saturated carbocycles. The number of rotatable bonds is 2. The standard InChI is InChI=1S/C12H14BrClN2O2.ClH/c13-10-5-8(1-2-11(10)14)12(17)16-3-4-18-9(6-15)7-16;/h1-2,5,9H,3-4,6-7,15H2;1H. The first-order valence-corrected chi connectivity index (χ1v) is 6.85. The predicted molar refractivity (Wildman–Crippen MR) is 81.1 cm³/mol. The lowest BCUT2D eigenvalue weighted by molar-refractivity contribution is -0.0167. The predicted octanol–water partition coefficient (Wildman–Crippen LogP) is 2.32. The highest BCUT2D eigenvalue weighted by Gasteiger charge is 2.24. The van der Waals surface area contributed by atoms with E-state index in [2.05, 4.69) is 15.9 Å². The smallest absolute Gasteiger partial charge is 0.254 e. The van der Waals surface area contributed by atoms with Crippen molar-refractivity contribution in [2.24, 2.45) is 5.73 Å². The fourth-order valence-corrected chi connectivity index (χ4v) is 2.35. The van der Waals surface area contributed by atoms with Crippen LogP contribution in [0.1, 0.15) is 10.4 Å². The first-order chi connectivity index (χ1) is 8.61. The number of hydrogen-bond acceptors (Lipinski definition) is 3. The van der Waals surface area contributed by atoms with Crippen LogP contribution in [0, 0.1) is 0 Å². The van der Waals surface area contributed by atoms with Crippen molar-refractivity contribution < 1.29 is 9.53 Å². The van der Waals surface area contributed by atoms with Crippen LogP contribution in [0.25, 0.3) is 0 Å². The van der Waals surface area contributed by atoms with Crippen molar-refractivity contribution in [3.8, 4) is 0 Å². The Kier molecular flexibility index (Phi) is 6.56. The maximum Gasteiger partial charge on any atom is 0.254 e. The summed E-state index contributed by atoms with van der Waals surface area (Å²) in [5.74, 6) is -0.0193. The van der Waals surface area contributed by atoms with Gasteiger partial charge >= 0.3 is 0 Å². The molecule has 0 radical (unpaired) electrons. The quantitative estimate of drug-likeness (QED) is 0.870. The molecule has 1 aromatic carbocycles. The van der Waals surface area contributed by atoms with Crippen LogP contribution < -0.4 is 5.73 Å². The van der Waals surface area contributed by atoms with Gasteiger partial charge in [0.15, 0.2) is 0 Å². The number of carbonyl (C=O) groups is 1. The van der Waals surface area contributed by atoms with Crippen LogP contribution in [-0.4, -0.2) is 43.2 Å². The number of benzene rings is 1. The van der Waals surface area contributed by atoms with Crippen molar-refractivity contribution in [2.75, 3.05) is 26.2 Å². The Labute approximate surface area is 131 Å². The molecule has 7 heteroatoms. The largest absolute Gasteiger partial charge is 0.373 e. The molecule has 0 aliphatic carbocycles. The fourth-order valence-electron chi connectivity index (χ4n) is 1.86. The van der Waals surface area contributed by atoms with Crippen LogP contribution in [0.4, 0.5) is 0 Å². The van der Waals surface area contributed by atoms with Gasteiger partial charge in [-0.3, -0.25) is 4.79 Å². The summed E-state index contributed by atoms with van der Waals surface area (Å²) in [5.41, 5.74) is 6.18. The Hall–Kier alpha value is -0.330. The summed E-state index contributed by atoms with van der Waals surface area (Å²) >= 11 is 9.22. The minimum absolute atomic E-state index is 0. The molecule has 0 bridgehead atoms. The second kappa shape index (κ2) is 7.45. The fraction of sp³-hybridized carbons (Fsp3) is 0.417. The van der Waals surface area contributed by atoms with Gasteiger partial charge in [0, 0.05) is 29.7 Å². The number of amides is 1. The van der Waals surface area contributed by atoms with Gasteiger partial charge in [0.2, 0.25) is 0 Å². The van der Waals surface area contributed by atoms with Crippen molar-refractivity contribution in [2.45, 2.75) is 6.10 Å². The SMILES string of the molecule is Cl.NCC1CN(C(=O)c2ccc(Cl)c(Br)c2)CCO1. The monoisotopic (exact) mass is 368 g/mol. The van der Waals surface area contributed by atoms with Gasteiger partial charge in [-0.2, -0.15) is 0 Å². The second-order valence-corrected chi connectivity index (χ2v) is 5.37. The summed E-state index contributed by atoms with van der Waals surface area (Å²) in [4.78, 5) is 14.1. The lowest BCUT2D eigenvalue weighted by atomic mass is 10.1. The molecule has 1 aliphatic heterocycles. The lowest BCUT2D eigenvalue weighted by Crippen LogP contribution is -2.48. The maximum atomic E-state index is 12.3. The zero-order valence-corrected chi connectivity index (χ0v) is 13.3. The third-order valence-electron chi connectivity index (χ3n) is 2.86. The Bertz CT molecular complexity index is 459. The number of morpholine rings is 1. The van der Waals surface area contributed by atoms with Crippen LogP contribution in [0.2, 0.25) is 5.02 Å². The van der Waals surface area contributed by atoms with Crippen LogP contribution >= 0.6 is 39.9 Å². The van der Waals surface area contributed by atoms with Gasteiger partial charge in [-0.15, -0.1) is 12.4 Å². The molecule has 1 amide bonds. The molecule has 1 aliphatic rings. The van der Waals surface area contributed by atoms with Gasteiger partial charge in [-0.1, -0.05) is 11.6 Å². The van der Waals surface area contributed by atoms with Gasteiger partial charge in [-0.25, -0.2) is 0 Å². The van der Waals surface area contributed by atoms with Crippen molar-refractivity contribution in [1.29, 1.82) is 0 Å². The molecular formula is C12H15BrCl2N2O2. The zero-order chi connectivity index (χ0) is 13.1. The Morgan fingerprint density at radius 3 is 2.95 bits per heavy atom. The normalized spacial score (nSPS) is 18.9. The molecule has 2 N–H and O–H groups in total. The van der Waals surface area contributed by atoms with Gasteiger partial charge in [0.1, 0.15) is 0 Å². The van der Waals surface area contributed by atoms with Crippen LogP contribution in [0.15, 0.2) is 22.7 Å². The van der Waals surface area contributed by atoms with E-state index in [0.717, 1.165) is 4.47 Å². The molecule has 2 rings (SSSR count). The van der Waals surface area contributed by atoms with Crippen LogP contribution in [-0.2, 0) is 4.74 Å². The number of nitrogens with two attached hydrogens (primary N) is 1. The average molecular weight is 370 g/mol. The van der Waals surface area contributed by atoms with E-state index in [1.165, 1.54) is 0 Å². The Balaban J connectivity index is 0.00000180. The average Bonchev–Trinajstić information content (AvgIpc) is 2.41. The number of hydrogen-bond donors (Lipinski definition) is 1. The third kappa shape index (κ3) is 4.07. The highest BCUT2D eigenvalue weighted by molar-refractivity contribution is 9.10. The summed E-state index contributed by atoms with van der Waals surface area (Å²) < 4.78 is 6.16. The lowest BCUT2D eigenvalue weighted by Gasteiger charge is -2.32. The summed E-state index contributed by atoms with van der Waals surface area (Å²) in [6, 6.07) is 5.17. The van der Waals surface area contributed by atoms with Crippen molar-refractivity contribution in [3.05, 3.63) is 33.3 Å². The van der Waals surface area contributed by atoms with E-state index in [4.69, 9.17) is 22.1 Å². The summed E-state index contributed by atoms with van der Waals surface area (Å²) in [5, 5.41) is 0.591. The molecule has 106 valence electrons. The van der Waals surface area contributed by atoms with Crippen LogP contribution in [0.5, 0.6) is 0 Å². The Morgan fingerprint density at radius 2 is 2.32 bits per heavy atom. The molecule has 1 atom stereocenters. The molecule has 1 saturated heterocycles. The number of halogens is 3. The summed E-state index contributed by atoms with van der Waals surface area (Å²) in [6.07, 6.45) is -0.0709. The van der Waals surface area contributed by atoms with E-state index >= 15 is 0 Å². The van der Waals surface area contributed by atoms with Gasteiger partial charge in [0.25, 0.3) is 5.91 Å². The first kappa shape index (κ1) is 16.7. The highest BCUT2D eigenvalue weighted by Crippen LogP contribution is 2.24. The number of ether oxygens (including phenoxy) is 1. The van der Waals surface area contributed by atoms with E-state index < -0.39 is 0 Å². The summed E-state index contributed by atoms with van der Waals surface area (Å²) in [7, 11) is 0. The van der Waals surface area contributed by atoms with Crippen molar-refractivity contribution >= 4 is 45.8 Å². The molecular weight excluding hydrogens is 355 g/mol. The van der Waals surface area contributed by atoms with E-state index in [1.54, 1.807) is 23.1 Å². The number of carbonyl (C=O) groups excluding carboxylic acids is 1. The zero-order valence-electron chi connectivity index (χ0n) is 10.1. The molecule has 4 nitrogen and oxygen atoms in total. The molecule has 19 heavy (non-hydrogen) atoms. The molecule has 1 aromatic rings. The van der Waals surface area contributed by atoms with Crippen molar-refractivity contribution in [3.63, 3.8) is 0 Å². The minimum Gasteiger partial charge on any atom is -0.373 e. The summed E-state index contributed by atoms with van der Waals surface area (Å²) in [6.45, 7) is 2.08. The molecule has 0 aromatic heterocycles. The second-order valence-electron chi connectivity index (χ2n) is 4.11. The van der Waals surface area contributed by atoms with E-state index in [9.17, 15) is 4.79 Å². The minimum atomic E-state index is -0.0709. The van der Waals surface area contributed by atoms with Gasteiger partial charge in [0.05, 0.1) is 17.7 Å². The van der Waals surface area contributed by atoms with E-state index in [1.807, 2.05) is 0 Å². The topological polar surface area (TPSA) is 55.6 Å². The maximum absolute atomic E-state index is 12.3. The molecule has 1 fully saturated rings. The molecule has 0 spiro atoms. The first-order valence-electron chi connectivity index (χ1n) is 5.68. The number of nitrogens with zero attached hydrogens (tertiary/aromatic N) is 1. The van der Waals surface area contributed by atoms with E-state index in [-0.39, 0.29) is 24.4 Å². The van der Waals surface area contributed by atoms with Crippen LogP contribution in [0.3, 0.4) is 0 Å². The third-order valence-corrected chi connectivity index (χ3v) is 4.07. The molecule has 1 unspecified atom stereocenters.